The molecule has 0 fully saturated rings. The highest BCUT2D eigenvalue weighted by atomic mass is 35.5. The van der Waals surface area contributed by atoms with Gasteiger partial charge in [0.15, 0.2) is 0 Å². The molecule has 112 valence electrons. The average molecular weight is 319 g/mol. The minimum absolute atomic E-state index is 0.0304. The van der Waals surface area contributed by atoms with Gasteiger partial charge in [0.25, 0.3) is 0 Å². The highest BCUT2D eigenvalue weighted by Gasteiger charge is 2.10. The van der Waals surface area contributed by atoms with Crippen LogP contribution in [0.15, 0.2) is 18.2 Å². The predicted octanol–water partition coefficient (Wildman–Crippen LogP) is 2.95. The van der Waals surface area contributed by atoms with E-state index in [2.05, 4.69) is 5.32 Å². The summed E-state index contributed by atoms with van der Waals surface area (Å²) in [5.74, 6) is 0. The van der Waals surface area contributed by atoms with E-state index in [1.807, 2.05) is 19.1 Å². The van der Waals surface area contributed by atoms with Crippen molar-refractivity contribution in [1.29, 1.82) is 0 Å². The number of hydrogen-bond acceptors (Lipinski definition) is 2. The molecule has 6 heteroatoms. The molecule has 1 aromatic carbocycles. The van der Waals surface area contributed by atoms with Gasteiger partial charge in [-0.15, -0.1) is 0 Å². The number of nitrogens with one attached hydrogen (secondary N) is 1. The van der Waals surface area contributed by atoms with E-state index >= 15 is 0 Å². The van der Waals surface area contributed by atoms with Gasteiger partial charge in [-0.05, 0) is 36.6 Å². The van der Waals surface area contributed by atoms with Crippen molar-refractivity contribution in [3.05, 3.63) is 33.8 Å². The summed E-state index contributed by atoms with van der Waals surface area (Å²) < 4.78 is 0. The number of halogens is 2. The minimum atomic E-state index is -0.158. The molecule has 1 rings (SSSR count). The maximum Gasteiger partial charge on any atom is 0.317 e. The number of carbonyl (C=O) groups is 1. The molecular formula is C14H20Cl2N2O2. The number of hydrogen-bond donors (Lipinski definition) is 2. The molecule has 2 amide bonds. The van der Waals surface area contributed by atoms with Crippen LogP contribution in [0.5, 0.6) is 0 Å². The van der Waals surface area contributed by atoms with Crippen molar-refractivity contribution < 1.29 is 9.90 Å². The Kier molecular flexibility index (Phi) is 7.73. The first kappa shape index (κ1) is 17.1. The Hall–Kier alpha value is -0.970. The lowest BCUT2D eigenvalue weighted by atomic mass is 10.1. The summed E-state index contributed by atoms with van der Waals surface area (Å²) in [6, 6.07) is 5.18. The normalized spacial score (nSPS) is 10.4. The molecule has 20 heavy (non-hydrogen) atoms. The van der Waals surface area contributed by atoms with Crippen molar-refractivity contribution in [2.75, 3.05) is 26.2 Å². The highest BCUT2D eigenvalue weighted by molar-refractivity contribution is 6.34. The van der Waals surface area contributed by atoms with Gasteiger partial charge < -0.3 is 15.3 Å². The number of nitrogens with zero attached hydrogens (tertiary/aromatic N) is 1. The second-order valence-corrected chi connectivity index (χ2v) is 5.34. The molecule has 0 unspecified atom stereocenters. The molecule has 0 heterocycles. The molecule has 4 nitrogen and oxygen atoms in total. The van der Waals surface area contributed by atoms with E-state index < -0.39 is 0 Å². The summed E-state index contributed by atoms with van der Waals surface area (Å²) in [6.07, 6.45) is 1.52. The third-order valence-corrected chi connectivity index (χ3v) is 3.20. The van der Waals surface area contributed by atoms with Gasteiger partial charge in [0.05, 0.1) is 6.61 Å². The lowest BCUT2D eigenvalue weighted by Crippen LogP contribution is -2.42. The second-order valence-electron chi connectivity index (χ2n) is 4.47. The van der Waals surface area contributed by atoms with Crippen molar-refractivity contribution in [3.8, 4) is 0 Å². The van der Waals surface area contributed by atoms with Gasteiger partial charge in [-0.2, -0.15) is 0 Å². The third kappa shape index (κ3) is 5.99. The molecule has 0 radical (unpaired) electrons. The van der Waals surface area contributed by atoms with E-state index in [0.29, 0.717) is 36.1 Å². The summed E-state index contributed by atoms with van der Waals surface area (Å²) in [4.78, 5) is 13.5. The van der Waals surface area contributed by atoms with Crippen LogP contribution in [0.2, 0.25) is 10.0 Å². The molecule has 0 bridgehead atoms. The number of carbonyl (C=O) groups excluding carboxylic acids is 1. The molecule has 2 N–H and O–H groups in total. The highest BCUT2D eigenvalue weighted by Crippen LogP contribution is 2.19. The van der Waals surface area contributed by atoms with Crippen molar-refractivity contribution in [2.45, 2.75) is 19.8 Å². The fourth-order valence-electron chi connectivity index (χ4n) is 1.89. The summed E-state index contributed by atoms with van der Waals surface area (Å²) in [6.45, 7) is 3.45. The van der Waals surface area contributed by atoms with Gasteiger partial charge in [-0.1, -0.05) is 30.1 Å². The Morgan fingerprint density at radius 1 is 1.25 bits per heavy atom. The lowest BCUT2D eigenvalue weighted by Gasteiger charge is -2.21. The van der Waals surface area contributed by atoms with E-state index in [0.717, 1.165) is 12.0 Å². The Balaban J connectivity index is 2.44. The first-order valence-electron chi connectivity index (χ1n) is 6.65. The van der Waals surface area contributed by atoms with Crippen LogP contribution in [0, 0.1) is 0 Å². The quantitative estimate of drug-likeness (QED) is 0.812. The summed E-state index contributed by atoms with van der Waals surface area (Å²) in [5, 5.41) is 12.9. The average Bonchev–Trinajstić information content (AvgIpc) is 2.37. The summed E-state index contributed by atoms with van der Waals surface area (Å²) >= 11 is 11.8. The molecule has 0 spiro atoms. The summed E-state index contributed by atoms with van der Waals surface area (Å²) in [7, 11) is 0. The first-order valence-corrected chi connectivity index (χ1v) is 7.41. The zero-order valence-electron chi connectivity index (χ0n) is 11.5. The van der Waals surface area contributed by atoms with Crippen molar-refractivity contribution in [3.63, 3.8) is 0 Å². The van der Waals surface area contributed by atoms with Crippen LogP contribution in [0.3, 0.4) is 0 Å². The largest absolute Gasteiger partial charge is 0.395 e. The zero-order valence-corrected chi connectivity index (χ0v) is 13.0. The fourth-order valence-corrected chi connectivity index (χ4v) is 2.46. The number of benzene rings is 1. The molecule has 0 aliphatic carbocycles. The van der Waals surface area contributed by atoms with Crippen LogP contribution < -0.4 is 5.32 Å². The van der Waals surface area contributed by atoms with E-state index in [1.54, 1.807) is 11.0 Å². The monoisotopic (exact) mass is 318 g/mol. The molecular weight excluding hydrogens is 299 g/mol. The van der Waals surface area contributed by atoms with Crippen LogP contribution in [-0.4, -0.2) is 42.3 Å². The summed E-state index contributed by atoms with van der Waals surface area (Å²) in [5.41, 5.74) is 0.979. The molecule has 0 saturated heterocycles. The van der Waals surface area contributed by atoms with Gasteiger partial charge >= 0.3 is 6.03 Å². The molecule has 0 aliphatic heterocycles. The van der Waals surface area contributed by atoms with Gasteiger partial charge in [0, 0.05) is 29.7 Å². The maximum absolute atomic E-state index is 11.9. The number of aliphatic hydroxyl groups is 1. The standard InChI is InChI=1S/C14H20Cl2N2O2/c1-2-5-18(6-7-19)14(20)17-4-3-11-8-12(15)10-13(16)9-11/h8-10,19H,2-7H2,1H3,(H,17,20). The fraction of sp³-hybridized carbons (Fsp3) is 0.500. The van der Waals surface area contributed by atoms with Gasteiger partial charge in [0.2, 0.25) is 0 Å². The van der Waals surface area contributed by atoms with Gasteiger partial charge in [-0.3, -0.25) is 0 Å². The number of amides is 2. The van der Waals surface area contributed by atoms with E-state index in [4.69, 9.17) is 28.3 Å². The zero-order chi connectivity index (χ0) is 15.0. The van der Waals surface area contributed by atoms with Gasteiger partial charge in [0.1, 0.15) is 0 Å². The van der Waals surface area contributed by atoms with E-state index in [1.165, 1.54) is 0 Å². The predicted molar refractivity (Wildman–Crippen MR) is 82.5 cm³/mol. The van der Waals surface area contributed by atoms with Crippen LogP contribution >= 0.6 is 23.2 Å². The third-order valence-electron chi connectivity index (χ3n) is 2.76. The Morgan fingerprint density at radius 3 is 2.45 bits per heavy atom. The molecule has 0 aliphatic rings. The Bertz CT molecular complexity index is 415. The van der Waals surface area contributed by atoms with Gasteiger partial charge in [-0.25, -0.2) is 4.79 Å². The SMILES string of the molecule is CCCN(CCO)C(=O)NCCc1cc(Cl)cc(Cl)c1. The van der Waals surface area contributed by atoms with Crippen molar-refractivity contribution >= 4 is 29.2 Å². The minimum Gasteiger partial charge on any atom is -0.395 e. The smallest absolute Gasteiger partial charge is 0.317 e. The molecule has 0 atom stereocenters. The van der Waals surface area contributed by atoms with Crippen LogP contribution in [-0.2, 0) is 6.42 Å². The topological polar surface area (TPSA) is 52.6 Å². The molecule has 0 aromatic heterocycles. The molecule has 1 aromatic rings. The second kappa shape index (κ2) is 9.06. The van der Waals surface area contributed by atoms with Crippen molar-refractivity contribution in [1.82, 2.24) is 10.2 Å². The van der Waals surface area contributed by atoms with Crippen LogP contribution in [0.25, 0.3) is 0 Å². The first-order chi connectivity index (χ1) is 9.56. The lowest BCUT2D eigenvalue weighted by molar-refractivity contribution is 0.177. The molecule has 0 saturated carbocycles. The Labute approximate surface area is 129 Å². The number of rotatable bonds is 7. The van der Waals surface area contributed by atoms with Crippen LogP contribution in [0.4, 0.5) is 4.79 Å². The Morgan fingerprint density at radius 2 is 1.90 bits per heavy atom. The van der Waals surface area contributed by atoms with Crippen molar-refractivity contribution in [2.24, 2.45) is 0 Å². The number of urea groups is 1. The van der Waals surface area contributed by atoms with E-state index in [-0.39, 0.29) is 12.6 Å². The number of aliphatic hydroxyl groups excluding tert-OH is 1. The van der Waals surface area contributed by atoms with E-state index in [9.17, 15) is 4.79 Å². The maximum atomic E-state index is 11.9. The van der Waals surface area contributed by atoms with Crippen LogP contribution in [0.1, 0.15) is 18.9 Å².